The summed E-state index contributed by atoms with van der Waals surface area (Å²) in [6.45, 7) is 9.58. The summed E-state index contributed by atoms with van der Waals surface area (Å²) in [6, 6.07) is 0. The Morgan fingerprint density at radius 2 is 2.25 bits per heavy atom. The number of aromatic nitrogens is 2. The van der Waals surface area contributed by atoms with Gasteiger partial charge in [-0.2, -0.15) is 5.10 Å². The molecule has 1 fully saturated rings. The Morgan fingerprint density at radius 3 is 2.85 bits per heavy atom. The van der Waals surface area contributed by atoms with Crippen LogP contribution in [-0.4, -0.2) is 33.2 Å². The van der Waals surface area contributed by atoms with Crippen LogP contribution in [0.25, 0.3) is 0 Å². The van der Waals surface area contributed by atoms with E-state index in [0.29, 0.717) is 36.8 Å². The topological polar surface area (TPSA) is 47.3 Å². The van der Waals surface area contributed by atoms with E-state index in [9.17, 15) is 5.11 Å². The third-order valence-corrected chi connectivity index (χ3v) is 4.67. The van der Waals surface area contributed by atoms with Gasteiger partial charge in [0.25, 0.3) is 0 Å². The van der Waals surface area contributed by atoms with Crippen LogP contribution in [0.3, 0.4) is 0 Å². The minimum absolute atomic E-state index is 0.117. The van der Waals surface area contributed by atoms with Crippen LogP contribution in [0.1, 0.15) is 45.0 Å². The van der Waals surface area contributed by atoms with Crippen molar-refractivity contribution in [1.82, 2.24) is 9.78 Å². The van der Waals surface area contributed by atoms with Gasteiger partial charge in [-0.05, 0) is 26.2 Å². The van der Waals surface area contributed by atoms with Crippen LogP contribution < -0.4 is 0 Å². The average Bonchev–Trinajstić information content (AvgIpc) is 2.66. The molecule has 5 heteroatoms. The largest absolute Gasteiger partial charge is 0.389 e. The van der Waals surface area contributed by atoms with Crippen LogP contribution >= 0.6 is 11.6 Å². The molecule has 1 aromatic heterocycles. The van der Waals surface area contributed by atoms with Crippen molar-refractivity contribution >= 4 is 11.6 Å². The third-order valence-electron chi connectivity index (χ3n) is 4.17. The van der Waals surface area contributed by atoms with Gasteiger partial charge < -0.3 is 9.84 Å². The molecule has 2 rings (SSSR count). The van der Waals surface area contributed by atoms with E-state index < -0.39 is 5.60 Å². The molecular formula is C15H25ClN2O2. The van der Waals surface area contributed by atoms with Gasteiger partial charge in [0.05, 0.1) is 28.1 Å². The second-order valence-corrected chi connectivity index (χ2v) is 6.55. The van der Waals surface area contributed by atoms with E-state index in [-0.39, 0.29) is 6.10 Å². The molecule has 1 saturated heterocycles. The number of aryl methyl sites for hydroxylation is 2. The second-order valence-electron chi connectivity index (χ2n) is 6.17. The van der Waals surface area contributed by atoms with Gasteiger partial charge in [-0.15, -0.1) is 0 Å². The molecule has 0 bridgehead atoms. The Labute approximate surface area is 126 Å². The minimum Gasteiger partial charge on any atom is -0.389 e. The van der Waals surface area contributed by atoms with Crippen LogP contribution in [0.5, 0.6) is 0 Å². The molecule has 20 heavy (non-hydrogen) atoms. The number of ether oxygens (including phenoxy) is 1. The first-order chi connectivity index (χ1) is 9.36. The molecule has 0 aromatic carbocycles. The first-order valence-electron chi connectivity index (χ1n) is 7.42. The maximum atomic E-state index is 10.9. The van der Waals surface area contributed by atoms with Crippen LogP contribution in [-0.2, 0) is 17.7 Å². The Kier molecular flexibility index (Phi) is 4.77. The molecule has 4 nitrogen and oxygen atoms in total. The number of hydrogen-bond acceptors (Lipinski definition) is 3. The number of nitrogens with zero attached hydrogens (tertiary/aromatic N) is 2. The van der Waals surface area contributed by atoms with Gasteiger partial charge in [-0.3, -0.25) is 4.68 Å². The maximum absolute atomic E-state index is 10.9. The molecular weight excluding hydrogens is 276 g/mol. The SMILES string of the molecule is CCn1nc(C)c(Cl)c1CC1(O)CCOC(C(C)C)C1. The van der Waals surface area contributed by atoms with Crippen LogP contribution in [0, 0.1) is 12.8 Å². The first-order valence-corrected chi connectivity index (χ1v) is 7.80. The summed E-state index contributed by atoms with van der Waals surface area (Å²) in [4.78, 5) is 0. The van der Waals surface area contributed by atoms with Gasteiger partial charge in [0.15, 0.2) is 0 Å². The van der Waals surface area contributed by atoms with Gasteiger partial charge in [0.2, 0.25) is 0 Å². The molecule has 2 atom stereocenters. The van der Waals surface area contributed by atoms with E-state index in [1.54, 1.807) is 0 Å². The normalized spacial score (nSPS) is 27.2. The average molecular weight is 301 g/mol. The van der Waals surface area contributed by atoms with E-state index in [1.165, 1.54) is 0 Å². The fourth-order valence-electron chi connectivity index (χ4n) is 2.87. The zero-order valence-corrected chi connectivity index (χ0v) is 13.6. The van der Waals surface area contributed by atoms with Gasteiger partial charge in [-0.25, -0.2) is 0 Å². The monoisotopic (exact) mass is 300 g/mol. The molecule has 0 spiro atoms. The van der Waals surface area contributed by atoms with E-state index in [1.807, 2.05) is 18.5 Å². The molecule has 2 heterocycles. The molecule has 2 unspecified atom stereocenters. The predicted octanol–water partition coefficient (Wildman–Crippen LogP) is 2.97. The van der Waals surface area contributed by atoms with Crippen molar-refractivity contribution in [3.8, 4) is 0 Å². The van der Waals surface area contributed by atoms with Crippen molar-refractivity contribution in [2.45, 2.75) is 65.2 Å². The van der Waals surface area contributed by atoms with Crippen molar-refractivity contribution in [3.63, 3.8) is 0 Å². The molecule has 0 amide bonds. The highest BCUT2D eigenvalue weighted by Gasteiger charge is 2.37. The van der Waals surface area contributed by atoms with E-state index in [4.69, 9.17) is 16.3 Å². The van der Waals surface area contributed by atoms with Crippen LogP contribution in [0.2, 0.25) is 5.02 Å². The summed E-state index contributed by atoms with van der Waals surface area (Å²) in [5, 5.41) is 16.0. The number of rotatable bonds is 4. The lowest BCUT2D eigenvalue weighted by Gasteiger charge is -2.38. The van der Waals surface area contributed by atoms with Crippen molar-refractivity contribution < 1.29 is 9.84 Å². The summed E-state index contributed by atoms with van der Waals surface area (Å²) in [6.07, 6.45) is 1.98. The Hall–Kier alpha value is -0.580. The van der Waals surface area contributed by atoms with E-state index in [2.05, 4.69) is 18.9 Å². The van der Waals surface area contributed by atoms with Crippen LogP contribution in [0.15, 0.2) is 0 Å². The fourth-order valence-corrected chi connectivity index (χ4v) is 3.08. The molecule has 1 N–H and O–H groups in total. The summed E-state index contributed by atoms with van der Waals surface area (Å²) < 4.78 is 7.65. The van der Waals surface area contributed by atoms with Crippen LogP contribution in [0.4, 0.5) is 0 Å². The number of aliphatic hydroxyl groups is 1. The van der Waals surface area contributed by atoms with E-state index in [0.717, 1.165) is 17.9 Å². The summed E-state index contributed by atoms with van der Waals surface area (Å²) in [5.74, 6) is 0.412. The Morgan fingerprint density at radius 1 is 1.55 bits per heavy atom. The highest BCUT2D eigenvalue weighted by molar-refractivity contribution is 6.31. The summed E-state index contributed by atoms with van der Waals surface area (Å²) in [5.41, 5.74) is 1.04. The van der Waals surface area contributed by atoms with Gasteiger partial charge in [0, 0.05) is 26.0 Å². The quantitative estimate of drug-likeness (QED) is 0.930. The lowest BCUT2D eigenvalue weighted by molar-refractivity contribution is -0.117. The Balaban J connectivity index is 2.20. The van der Waals surface area contributed by atoms with Gasteiger partial charge in [0.1, 0.15) is 0 Å². The van der Waals surface area contributed by atoms with Gasteiger partial charge in [-0.1, -0.05) is 25.4 Å². The molecule has 1 aliphatic heterocycles. The van der Waals surface area contributed by atoms with E-state index >= 15 is 0 Å². The minimum atomic E-state index is -0.740. The smallest absolute Gasteiger partial charge is 0.0848 e. The lowest BCUT2D eigenvalue weighted by atomic mass is 9.83. The standard InChI is InChI=1S/C15H25ClN2O2/c1-5-18-12(14(16)11(4)17-18)8-15(19)6-7-20-13(9-15)10(2)3/h10,13,19H,5-9H2,1-4H3. The molecule has 1 aliphatic rings. The Bertz CT molecular complexity index is 473. The lowest BCUT2D eigenvalue weighted by Crippen LogP contribution is -2.44. The zero-order chi connectivity index (χ0) is 14.9. The molecule has 0 saturated carbocycles. The molecule has 0 radical (unpaired) electrons. The predicted molar refractivity (Wildman–Crippen MR) is 80.1 cm³/mol. The van der Waals surface area contributed by atoms with Crippen molar-refractivity contribution in [2.75, 3.05) is 6.61 Å². The summed E-state index contributed by atoms with van der Waals surface area (Å²) in [7, 11) is 0. The zero-order valence-electron chi connectivity index (χ0n) is 12.8. The first kappa shape index (κ1) is 15.8. The number of hydrogen-bond donors (Lipinski definition) is 1. The number of halogens is 1. The third kappa shape index (κ3) is 3.18. The molecule has 114 valence electrons. The molecule has 1 aromatic rings. The highest BCUT2D eigenvalue weighted by Crippen LogP contribution is 2.33. The van der Waals surface area contributed by atoms with Crippen molar-refractivity contribution in [1.29, 1.82) is 0 Å². The van der Waals surface area contributed by atoms with Gasteiger partial charge >= 0.3 is 0 Å². The second kappa shape index (κ2) is 6.04. The maximum Gasteiger partial charge on any atom is 0.0848 e. The summed E-state index contributed by atoms with van der Waals surface area (Å²) >= 11 is 6.35. The fraction of sp³-hybridized carbons (Fsp3) is 0.800. The van der Waals surface area contributed by atoms with Crippen molar-refractivity contribution in [2.24, 2.45) is 5.92 Å². The highest BCUT2D eigenvalue weighted by atomic mass is 35.5. The van der Waals surface area contributed by atoms with Crippen molar-refractivity contribution in [3.05, 3.63) is 16.4 Å². The molecule has 0 aliphatic carbocycles.